The second kappa shape index (κ2) is 11.7. The molecule has 1 amide bonds. The summed E-state index contributed by atoms with van der Waals surface area (Å²) in [5, 5.41) is 11.1. The van der Waals surface area contributed by atoms with E-state index in [0.29, 0.717) is 29.1 Å². The molecule has 1 N–H and O–H groups in total. The first-order chi connectivity index (χ1) is 16.2. The maximum absolute atomic E-state index is 13.5. The lowest BCUT2D eigenvalue weighted by Crippen LogP contribution is -2.38. The number of carbonyl (C=O) groups excluding carboxylic acids is 1. The molecule has 34 heavy (non-hydrogen) atoms. The molecule has 8 nitrogen and oxygen atoms in total. The van der Waals surface area contributed by atoms with Crippen molar-refractivity contribution in [2.45, 2.75) is 36.9 Å². The lowest BCUT2D eigenvalue weighted by atomic mass is 10.2. The quantitative estimate of drug-likeness (QED) is 0.285. The first kappa shape index (κ1) is 26.0. The molecule has 0 fully saturated rings. The molecule has 11 heteroatoms. The molecule has 0 bridgehead atoms. The lowest BCUT2D eigenvalue weighted by Gasteiger charge is -2.24. The number of hydrogen-bond donors (Lipinski definition) is 1. The number of rotatable bonds is 11. The number of thioether (sulfide) groups is 1. The number of carbonyl (C=O) groups is 1. The minimum Gasteiger partial charge on any atom is -0.494 e. The minimum atomic E-state index is -4.02. The van der Waals surface area contributed by atoms with Crippen LogP contribution < -0.4 is 14.4 Å². The van der Waals surface area contributed by atoms with Crippen molar-refractivity contribution in [2.75, 3.05) is 28.5 Å². The Morgan fingerprint density at radius 3 is 2.41 bits per heavy atom. The minimum absolute atomic E-state index is 0.0626. The monoisotopic (exact) mass is 520 g/mol. The Labute approximate surface area is 208 Å². The van der Waals surface area contributed by atoms with Gasteiger partial charge in [0, 0.05) is 5.75 Å². The van der Waals surface area contributed by atoms with Crippen molar-refractivity contribution in [1.29, 1.82) is 0 Å². The number of aryl methyl sites for hydroxylation is 1. The molecule has 0 unspecified atom stereocenters. The van der Waals surface area contributed by atoms with Gasteiger partial charge < -0.3 is 4.74 Å². The number of aromatic nitrogens is 2. The first-order valence-corrected chi connectivity index (χ1v) is 14.0. The van der Waals surface area contributed by atoms with Crippen molar-refractivity contribution >= 4 is 49.8 Å². The number of amides is 1. The van der Waals surface area contributed by atoms with Gasteiger partial charge in [0.05, 0.1) is 17.2 Å². The standard InChI is InChI=1S/C23H28N4O4S3/c1-5-31-19-10-12-20(13-11-19)34(29,30)27(18-8-6-17(4)7-9-18)14-21(28)24-22-25-26-23(33-22)32-15-16(2)3/h6-13,16H,5,14-15H2,1-4H3,(H,24,25,28). The van der Waals surface area contributed by atoms with E-state index in [0.717, 1.165) is 20.0 Å². The number of nitrogens with one attached hydrogen (secondary N) is 1. The molecule has 0 aliphatic heterocycles. The van der Waals surface area contributed by atoms with Crippen LogP contribution in [-0.4, -0.2) is 43.4 Å². The van der Waals surface area contributed by atoms with E-state index in [2.05, 4.69) is 29.4 Å². The van der Waals surface area contributed by atoms with Gasteiger partial charge in [0.2, 0.25) is 11.0 Å². The zero-order valence-electron chi connectivity index (χ0n) is 19.5. The van der Waals surface area contributed by atoms with E-state index in [-0.39, 0.29) is 4.90 Å². The average Bonchev–Trinajstić information content (AvgIpc) is 3.24. The van der Waals surface area contributed by atoms with Crippen LogP contribution in [0.4, 0.5) is 10.8 Å². The molecule has 0 aliphatic rings. The van der Waals surface area contributed by atoms with Crippen LogP contribution >= 0.6 is 23.1 Å². The third-order valence-corrected chi connectivity index (χ3v) is 8.71. The molecule has 1 aromatic heterocycles. The summed E-state index contributed by atoms with van der Waals surface area (Å²) in [6.07, 6.45) is 0. The maximum atomic E-state index is 13.5. The third-order valence-electron chi connectivity index (χ3n) is 4.52. The fraction of sp³-hybridized carbons (Fsp3) is 0.348. The SMILES string of the molecule is CCOc1ccc(S(=O)(=O)N(CC(=O)Nc2nnc(SCC(C)C)s2)c2ccc(C)cc2)cc1. The van der Waals surface area contributed by atoms with E-state index in [1.807, 2.05) is 13.8 Å². The highest BCUT2D eigenvalue weighted by atomic mass is 32.2. The predicted molar refractivity (Wildman–Crippen MR) is 137 cm³/mol. The zero-order chi connectivity index (χ0) is 24.7. The van der Waals surface area contributed by atoms with E-state index in [1.165, 1.54) is 23.5 Å². The molecule has 2 aromatic carbocycles. The fourth-order valence-corrected chi connectivity index (χ4v) is 6.04. The number of anilines is 2. The van der Waals surface area contributed by atoms with Gasteiger partial charge in [-0.05, 0) is 56.2 Å². The van der Waals surface area contributed by atoms with Gasteiger partial charge in [-0.2, -0.15) is 0 Å². The van der Waals surface area contributed by atoms with Gasteiger partial charge in [-0.25, -0.2) is 8.42 Å². The van der Waals surface area contributed by atoms with Crippen molar-refractivity contribution in [3.63, 3.8) is 0 Å². The summed E-state index contributed by atoms with van der Waals surface area (Å²) >= 11 is 2.84. The van der Waals surface area contributed by atoms with Crippen LogP contribution in [0.2, 0.25) is 0 Å². The van der Waals surface area contributed by atoms with Gasteiger partial charge in [0.15, 0.2) is 4.34 Å². The molecule has 0 aliphatic carbocycles. The average molecular weight is 521 g/mol. The number of benzene rings is 2. The van der Waals surface area contributed by atoms with E-state index < -0.39 is 22.5 Å². The summed E-state index contributed by atoms with van der Waals surface area (Å²) in [4.78, 5) is 12.9. The van der Waals surface area contributed by atoms with E-state index in [4.69, 9.17) is 4.74 Å². The van der Waals surface area contributed by atoms with Gasteiger partial charge in [-0.15, -0.1) is 10.2 Å². The Hall–Kier alpha value is -2.63. The van der Waals surface area contributed by atoms with Crippen LogP contribution in [0.25, 0.3) is 0 Å². The highest BCUT2D eigenvalue weighted by molar-refractivity contribution is 8.01. The molecule has 0 saturated carbocycles. The van der Waals surface area contributed by atoms with E-state index in [1.54, 1.807) is 48.2 Å². The van der Waals surface area contributed by atoms with E-state index >= 15 is 0 Å². The van der Waals surface area contributed by atoms with Gasteiger partial charge in [0.1, 0.15) is 12.3 Å². The second-order valence-electron chi connectivity index (χ2n) is 7.88. The Morgan fingerprint density at radius 1 is 1.12 bits per heavy atom. The molecular weight excluding hydrogens is 492 g/mol. The predicted octanol–water partition coefficient (Wildman–Crippen LogP) is 4.83. The molecule has 0 spiro atoms. The number of sulfonamides is 1. The number of nitrogens with zero attached hydrogens (tertiary/aromatic N) is 3. The Morgan fingerprint density at radius 2 is 1.79 bits per heavy atom. The Balaban J connectivity index is 1.82. The van der Waals surface area contributed by atoms with Crippen molar-refractivity contribution in [3.8, 4) is 5.75 Å². The lowest BCUT2D eigenvalue weighted by molar-refractivity contribution is -0.114. The summed E-state index contributed by atoms with van der Waals surface area (Å²) in [6, 6.07) is 13.1. The van der Waals surface area contributed by atoms with Gasteiger partial charge >= 0.3 is 0 Å². The molecule has 3 rings (SSSR count). The molecular formula is C23H28N4O4S3. The van der Waals surface area contributed by atoms with Crippen LogP contribution in [-0.2, 0) is 14.8 Å². The van der Waals surface area contributed by atoms with E-state index in [9.17, 15) is 13.2 Å². The normalized spacial score (nSPS) is 11.4. The molecule has 3 aromatic rings. The third kappa shape index (κ3) is 6.94. The van der Waals surface area contributed by atoms with Crippen LogP contribution in [0, 0.1) is 12.8 Å². The van der Waals surface area contributed by atoms with Gasteiger partial charge in [0.25, 0.3) is 10.0 Å². The van der Waals surface area contributed by atoms with Crippen molar-refractivity contribution < 1.29 is 17.9 Å². The number of ether oxygens (including phenoxy) is 1. The van der Waals surface area contributed by atoms with Gasteiger partial charge in [-0.1, -0.05) is 54.6 Å². The number of hydrogen-bond acceptors (Lipinski definition) is 8. The highest BCUT2D eigenvalue weighted by Crippen LogP contribution is 2.28. The van der Waals surface area contributed by atoms with Gasteiger partial charge in [-0.3, -0.25) is 14.4 Å². The van der Waals surface area contributed by atoms with Crippen molar-refractivity contribution in [2.24, 2.45) is 5.92 Å². The molecule has 1 heterocycles. The fourth-order valence-electron chi connectivity index (χ4n) is 2.87. The maximum Gasteiger partial charge on any atom is 0.264 e. The Kier molecular flexibility index (Phi) is 8.92. The van der Waals surface area contributed by atoms with Crippen LogP contribution in [0.3, 0.4) is 0 Å². The summed E-state index contributed by atoms with van der Waals surface area (Å²) in [7, 11) is -4.02. The highest BCUT2D eigenvalue weighted by Gasteiger charge is 2.27. The summed E-state index contributed by atoms with van der Waals surface area (Å²) in [6.45, 7) is 8.05. The van der Waals surface area contributed by atoms with Crippen LogP contribution in [0.1, 0.15) is 26.3 Å². The largest absolute Gasteiger partial charge is 0.494 e. The topological polar surface area (TPSA) is 101 Å². The van der Waals surface area contributed by atoms with Crippen molar-refractivity contribution in [1.82, 2.24) is 10.2 Å². The van der Waals surface area contributed by atoms with Crippen LogP contribution in [0.5, 0.6) is 5.75 Å². The molecule has 182 valence electrons. The summed E-state index contributed by atoms with van der Waals surface area (Å²) < 4.78 is 34.3. The second-order valence-corrected chi connectivity index (χ2v) is 12.0. The van der Waals surface area contributed by atoms with Crippen LogP contribution in [0.15, 0.2) is 57.8 Å². The molecule has 0 saturated heterocycles. The zero-order valence-corrected chi connectivity index (χ0v) is 22.0. The first-order valence-electron chi connectivity index (χ1n) is 10.8. The molecule has 0 atom stereocenters. The smallest absolute Gasteiger partial charge is 0.264 e. The summed E-state index contributed by atoms with van der Waals surface area (Å²) in [5.41, 5.74) is 1.37. The molecule has 0 radical (unpaired) electrons. The Bertz CT molecular complexity index is 1190. The van der Waals surface area contributed by atoms with Crippen molar-refractivity contribution in [3.05, 3.63) is 54.1 Å². The summed E-state index contributed by atoms with van der Waals surface area (Å²) in [5.74, 6) is 1.46.